The summed E-state index contributed by atoms with van der Waals surface area (Å²) in [6, 6.07) is 3.02. The van der Waals surface area contributed by atoms with Crippen LogP contribution in [0.1, 0.15) is 26.3 Å². The first-order valence-electron chi connectivity index (χ1n) is 13.9. The fourth-order valence-corrected chi connectivity index (χ4v) is 6.19. The first kappa shape index (κ1) is 31.9. The molecule has 1 aromatic carbocycles. The summed E-state index contributed by atoms with van der Waals surface area (Å²) in [5.74, 6) is -5.50. The molecule has 3 aromatic rings. The first-order chi connectivity index (χ1) is 21.3. The van der Waals surface area contributed by atoms with Crippen LogP contribution in [0.25, 0.3) is 28.0 Å². The molecule has 3 N–H and O–H groups in total. The number of fused-ring (bicyclic) bond motifs is 1. The van der Waals surface area contributed by atoms with Crippen molar-refractivity contribution in [1.29, 1.82) is 5.26 Å². The van der Waals surface area contributed by atoms with Gasteiger partial charge in [0.2, 0.25) is 5.91 Å². The number of carbonyl (C=O) groups is 1. The highest BCUT2D eigenvalue weighted by Crippen LogP contribution is 2.42. The van der Waals surface area contributed by atoms with Crippen LogP contribution in [0.15, 0.2) is 41.4 Å². The van der Waals surface area contributed by atoms with Gasteiger partial charge in [0.15, 0.2) is 17.5 Å². The lowest BCUT2D eigenvalue weighted by Gasteiger charge is -2.37. The Hall–Kier alpha value is -4.47. The highest BCUT2D eigenvalue weighted by molar-refractivity contribution is 6.36. The zero-order valence-corrected chi connectivity index (χ0v) is 26.0. The van der Waals surface area contributed by atoms with E-state index < -0.39 is 45.3 Å². The maximum atomic E-state index is 15.3. The van der Waals surface area contributed by atoms with Crippen molar-refractivity contribution in [2.75, 3.05) is 36.8 Å². The second-order valence-electron chi connectivity index (χ2n) is 11.0. The van der Waals surface area contributed by atoms with E-state index in [9.17, 15) is 23.6 Å². The summed E-state index contributed by atoms with van der Waals surface area (Å²) in [5, 5.41) is 12.8. The number of pyridine rings is 2. The van der Waals surface area contributed by atoms with Gasteiger partial charge in [0.1, 0.15) is 22.3 Å². The van der Waals surface area contributed by atoms with Gasteiger partial charge >= 0.3 is 0 Å². The Labute approximate surface area is 266 Å². The molecule has 2 aliphatic heterocycles. The topological polar surface area (TPSA) is 120 Å². The molecule has 1 amide bonds. The summed E-state index contributed by atoms with van der Waals surface area (Å²) in [4.78, 5) is 34.5. The highest BCUT2D eigenvalue weighted by atomic mass is 35.5. The van der Waals surface area contributed by atoms with E-state index in [0.29, 0.717) is 11.3 Å². The lowest BCUT2D eigenvalue weighted by atomic mass is 9.94. The summed E-state index contributed by atoms with van der Waals surface area (Å²) < 4.78 is 45.4. The van der Waals surface area contributed by atoms with E-state index in [0.717, 1.165) is 0 Å². The number of nitrogen functional groups attached to an aromatic ring is 1. The van der Waals surface area contributed by atoms with Crippen LogP contribution in [-0.4, -0.2) is 52.6 Å². The quantitative estimate of drug-likeness (QED) is 0.162. The summed E-state index contributed by atoms with van der Waals surface area (Å²) >= 11 is 12.6. The molecule has 0 unspecified atom stereocenters. The van der Waals surface area contributed by atoms with Crippen molar-refractivity contribution < 1.29 is 18.0 Å². The van der Waals surface area contributed by atoms with Crippen LogP contribution < -0.4 is 21.5 Å². The van der Waals surface area contributed by atoms with Crippen LogP contribution >= 0.6 is 23.2 Å². The molecule has 234 valence electrons. The molecule has 2 aromatic heterocycles. The largest absolute Gasteiger partial charge is 0.397 e. The number of rotatable bonds is 5. The third kappa shape index (κ3) is 5.19. The van der Waals surface area contributed by atoms with Gasteiger partial charge in [-0.05, 0) is 42.8 Å². The fourth-order valence-electron chi connectivity index (χ4n) is 5.77. The molecule has 4 heterocycles. The number of nitrogens with one attached hydrogen (secondary N) is 1. The minimum Gasteiger partial charge on any atom is -0.397 e. The molecule has 0 bridgehead atoms. The van der Waals surface area contributed by atoms with E-state index in [4.69, 9.17) is 28.9 Å². The molecule has 5 rings (SSSR count). The van der Waals surface area contributed by atoms with Gasteiger partial charge in [0.05, 0.1) is 39.4 Å². The number of benzene rings is 1. The van der Waals surface area contributed by atoms with Gasteiger partial charge in [-0.15, -0.1) is 0 Å². The van der Waals surface area contributed by atoms with Crippen molar-refractivity contribution in [2.45, 2.75) is 26.8 Å². The minimum absolute atomic E-state index is 0.0326. The van der Waals surface area contributed by atoms with Crippen molar-refractivity contribution >= 4 is 57.2 Å². The van der Waals surface area contributed by atoms with E-state index in [1.807, 2.05) is 19.9 Å². The average Bonchev–Trinajstić information content (AvgIpc) is 3.02. The summed E-state index contributed by atoms with van der Waals surface area (Å²) in [7, 11) is 0. The Morgan fingerprint density at radius 2 is 1.87 bits per heavy atom. The van der Waals surface area contributed by atoms with Crippen molar-refractivity contribution in [1.82, 2.24) is 19.8 Å². The van der Waals surface area contributed by atoms with E-state index in [-0.39, 0.29) is 71.0 Å². The van der Waals surface area contributed by atoms with Crippen LogP contribution in [0, 0.1) is 34.7 Å². The molecular formula is C31H28Cl2F3N7O2. The monoisotopic (exact) mass is 657 g/mol. The molecule has 45 heavy (non-hydrogen) atoms. The third-order valence-electron chi connectivity index (χ3n) is 8.03. The number of anilines is 2. The molecule has 1 saturated heterocycles. The molecule has 0 spiro atoms. The number of nitrogens with two attached hydrogens (primary N) is 1. The molecule has 14 heteroatoms. The second-order valence-corrected chi connectivity index (χ2v) is 11.8. The fraction of sp³-hybridized carbons (Fsp3) is 0.290. The molecule has 0 saturated carbocycles. The SMILES string of the molecule is C=CC(=O)N1CCN(c2c(C#N)c(=O)n(C3=C(C)C=CN[C@@H]3C(C)C)c3nc(-c4c(N)c(Cl)c(F)c(F)c4F)c(Cl)cc23)CC1. The lowest BCUT2D eigenvalue weighted by Crippen LogP contribution is -2.49. The number of allylic oxidation sites excluding steroid dienone is 2. The Morgan fingerprint density at radius 1 is 1.20 bits per heavy atom. The van der Waals surface area contributed by atoms with Gasteiger partial charge in [-0.2, -0.15) is 5.26 Å². The first-order valence-corrected chi connectivity index (χ1v) is 14.7. The molecular weight excluding hydrogens is 630 g/mol. The number of aromatic nitrogens is 2. The predicted octanol–water partition coefficient (Wildman–Crippen LogP) is 5.45. The second kappa shape index (κ2) is 12.1. The number of carbonyl (C=O) groups excluding carboxylic acids is 1. The number of dihydropyridines is 1. The average molecular weight is 659 g/mol. The summed E-state index contributed by atoms with van der Waals surface area (Å²) in [6.07, 6.45) is 4.71. The zero-order chi connectivity index (χ0) is 32.9. The van der Waals surface area contributed by atoms with Gasteiger partial charge in [-0.3, -0.25) is 14.2 Å². The molecule has 9 nitrogen and oxygen atoms in total. The maximum absolute atomic E-state index is 15.3. The molecule has 1 atom stereocenters. The van der Waals surface area contributed by atoms with Crippen LogP contribution in [0.5, 0.6) is 0 Å². The van der Waals surface area contributed by atoms with Crippen LogP contribution in [0.4, 0.5) is 24.5 Å². The number of halogens is 5. The van der Waals surface area contributed by atoms with Gasteiger partial charge in [-0.25, -0.2) is 18.2 Å². The van der Waals surface area contributed by atoms with Crippen molar-refractivity contribution in [3.8, 4) is 17.3 Å². The van der Waals surface area contributed by atoms with Gasteiger partial charge in [-0.1, -0.05) is 43.6 Å². The summed E-state index contributed by atoms with van der Waals surface area (Å²) in [6.45, 7) is 10.3. The number of amides is 1. The van der Waals surface area contributed by atoms with E-state index >= 15 is 4.39 Å². The number of hydrogen-bond donors (Lipinski definition) is 2. The maximum Gasteiger partial charge on any atom is 0.276 e. The Kier molecular flexibility index (Phi) is 8.62. The molecule has 1 fully saturated rings. The molecule has 0 aliphatic carbocycles. The smallest absolute Gasteiger partial charge is 0.276 e. The zero-order valence-electron chi connectivity index (χ0n) is 24.5. The number of nitriles is 1. The van der Waals surface area contributed by atoms with E-state index in [1.54, 1.807) is 29.0 Å². The third-order valence-corrected chi connectivity index (χ3v) is 8.68. The van der Waals surface area contributed by atoms with Crippen LogP contribution in [-0.2, 0) is 4.79 Å². The van der Waals surface area contributed by atoms with Gasteiger partial charge in [0.25, 0.3) is 5.56 Å². The van der Waals surface area contributed by atoms with Crippen LogP contribution in [0.3, 0.4) is 0 Å². The number of piperazine rings is 1. The van der Waals surface area contributed by atoms with Crippen molar-refractivity contribution in [3.63, 3.8) is 0 Å². The standard InChI is InChI=1S/C31H28Cl2F3N7O2/c1-5-19(44)41-8-10-42(11-9-41)29-16-12-18(32)27(20-22(34)24(36)23(35)21(33)25(20)38)40-30(16)43(31(45)17(29)13-37)28-15(4)6-7-39-26(28)14(2)3/h5-7,12,14,26,39H,1,8-11,38H2,2-4H3/t26-/m1/s1. The van der Waals surface area contributed by atoms with Gasteiger partial charge in [0, 0.05) is 31.6 Å². The van der Waals surface area contributed by atoms with E-state index in [1.165, 1.54) is 16.7 Å². The molecule has 2 aliphatic rings. The Bertz CT molecular complexity index is 1910. The van der Waals surface area contributed by atoms with Crippen molar-refractivity contribution in [2.24, 2.45) is 5.92 Å². The van der Waals surface area contributed by atoms with Gasteiger partial charge < -0.3 is 20.9 Å². The van der Waals surface area contributed by atoms with Crippen LogP contribution in [0.2, 0.25) is 10.0 Å². The van der Waals surface area contributed by atoms with E-state index in [2.05, 4.69) is 16.9 Å². The highest BCUT2D eigenvalue weighted by Gasteiger charge is 2.33. The Morgan fingerprint density at radius 3 is 2.47 bits per heavy atom. The lowest BCUT2D eigenvalue weighted by molar-refractivity contribution is -0.126. The number of hydrogen-bond acceptors (Lipinski definition) is 7. The Balaban J connectivity index is 1.90. The number of nitrogens with zero attached hydrogens (tertiary/aromatic N) is 5. The van der Waals surface area contributed by atoms with Crippen molar-refractivity contribution in [3.05, 3.63) is 80.0 Å². The minimum atomic E-state index is -1.87. The predicted molar refractivity (Wildman–Crippen MR) is 169 cm³/mol. The summed E-state index contributed by atoms with van der Waals surface area (Å²) in [5.41, 5.74) is 4.71. The normalized spacial score (nSPS) is 16.8. The molecule has 0 radical (unpaired) electrons.